The Kier molecular flexibility index (Phi) is 5.39. The predicted octanol–water partition coefficient (Wildman–Crippen LogP) is 6.25. The number of halogens is 4. The van der Waals surface area contributed by atoms with Crippen molar-refractivity contribution in [2.45, 2.75) is 0 Å². The summed E-state index contributed by atoms with van der Waals surface area (Å²) in [7, 11) is 0. The molecule has 0 spiro atoms. The van der Waals surface area contributed by atoms with Crippen LogP contribution >= 0.6 is 46.4 Å². The van der Waals surface area contributed by atoms with Crippen LogP contribution in [0.4, 0.5) is 5.69 Å². The van der Waals surface area contributed by atoms with Crippen molar-refractivity contribution in [3.05, 3.63) is 67.7 Å². The lowest BCUT2D eigenvalue weighted by Gasteiger charge is -2.05. The lowest BCUT2D eigenvalue weighted by molar-refractivity contribution is 1.47. The van der Waals surface area contributed by atoms with Crippen molar-refractivity contribution in [1.82, 2.24) is 0 Å². The molecule has 0 radical (unpaired) electrons. The number of benzene rings is 2. The summed E-state index contributed by atoms with van der Waals surface area (Å²) in [4.78, 5) is 0. The van der Waals surface area contributed by atoms with Gasteiger partial charge in [0.25, 0.3) is 0 Å². The Bertz CT molecular complexity index is 728. The minimum atomic E-state index is 0.398. The van der Waals surface area contributed by atoms with E-state index >= 15 is 0 Å². The Morgan fingerprint density at radius 2 is 1.52 bits per heavy atom. The molecular weight excluding hydrogens is 350 g/mol. The van der Waals surface area contributed by atoms with Crippen molar-refractivity contribution in [1.29, 1.82) is 5.26 Å². The second-order valence-corrected chi connectivity index (χ2v) is 5.81. The fourth-order valence-corrected chi connectivity index (χ4v) is 2.79. The Morgan fingerprint density at radius 3 is 2.14 bits per heavy atom. The van der Waals surface area contributed by atoms with E-state index in [0.29, 0.717) is 31.2 Å². The third kappa shape index (κ3) is 4.30. The van der Waals surface area contributed by atoms with Gasteiger partial charge in [0.2, 0.25) is 0 Å². The molecule has 6 heteroatoms. The van der Waals surface area contributed by atoms with E-state index in [1.54, 1.807) is 42.6 Å². The van der Waals surface area contributed by atoms with Crippen molar-refractivity contribution >= 4 is 58.2 Å². The Hall–Kier alpha value is -1.37. The molecule has 0 unspecified atom stereocenters. The van der Waals surface area contributed by atoms with E-state index < -0.39 is 0 Å². The molecule has 0 heterocycles. The number of hydrogen-bond acceptors (Lipinski definition) is 2. The summed E-state index contributed by atoms with van der Waals surface area (Å²) >= 11 is 23.8. The third-order valence-electron chi connectivity index (χ3n) is 2.58. The van der Waals surface area contributed by atoms with Gasteiger partial charge in [-0.15, -0.1) is 0 Å². The fourth-order valence-electron chi connectivity index (χ4n) is 1.71. The lowest BCUT2D eigenvalue weighted by atomic mass is 10.1. The van der Waals surface area contributed by atoms with Crippen LogP contribution in [0.2, 0.25) is 20.1 Å². The third-order valence-corrected chi connectivity index (χ3v) is 3.54. The molecule has 2 rings (SSSR count). The summed E-state index contributed by atoms with van der Waals surface area (Å²) in [6.07, 6.45) is 3.34. The van der Waals surface area contributed by atoms with E-state index in [1.807, 2.05) is 0 Å². The molecule has 0 aromatic heterocycles. The van der Waals surface area contributed by atoms with Gasteiger partial charge in [-0.2, -0.15) is 5.26 Å². The number of hydrogen-bond donors (Lipinski definition) is 1. The average molecular weight is 358 g/mol. The predicted molar refractivity (Wildman–Crippen MR) is 90.3 cm³/mol. The lowest BCUT2D eigenvalue weighted by Crippen LogP contribution is -1.89. The van der Waals surface area contributed by atoms with Crippen LogP contribution in [-0.4, -0.2) is 0 Å². The minimum absolute atomic E-state index is 0.398. The summed E-state index contributed by atoms with van der Waals surface area (Å²) in [5.41, 5.74) is 1.71. The van der Waals surface area contributed by atoms with Gasteiger partial charge in [-0.05, 0) is 36.4 Å². The maximum atomic E-state index is 9.10. The summed E-state index contributed by atoms with van der Waals surface area (Å²) in [5, 5.41) is 14.0. The van der Waals surface area contributed by atoms with Gasteiger partial charge in [-0.3, -0.25) is 0 Å². The average Bonchev–Trinajstić information content (AvgIpc) is 2.39. The molecule has 0 aliphatic heterocycles. The SMILES string of the molecule is N#Cc1cc(Cl)cc(Cl)c1C=CNc1cc(Cl)cc(Cl)c1. The molecule has 0 atom stereocenters. The van der Waals surface area contributed by atoms with Crippen molar-refractivity contribution in [3.8, 4) is 6.07 Å². The van der Waals surface area contributed by atoms with Gasteiger partial charge >= 0.3 is 0 Å². The molecule has 0 fully saturated rings. The number of nitriles is 1. The molecule has 0 bridgehead atoms. The quantitative estimate of drug-likeness (QED) is 0.704. The van der Waals surface area contributed by atoms with E-state index in [9.17, 15) is 0 Å². The van der Waals surface area contributed by atoms with Crippen LogP contribution in [-0.2, 0) is 0 Å². The highest BCUT2D eigenvalue weighted by Crippen LogP contribution is 2.27. The Balaban J connectivity index is 2.24. The maximum Gasteiger partial charge on any atom is 0.0999 e. The van der Waals surface area contributed by atoms with Gasteiger partial charge in [-0.25, -0.2) is 0 Å². The molecule has 21 heavy (non-hydrogen) atoms. The van der Waals surface area contributed by atoms with Gasteiger partial charge in [0.05, 0.1) is 16.7 Å². The van der Waals surface area contributed by atoms with Crippen LogP contribution in [0, 0.1) is 11.3 Å². The van der Waals surface area contributed by atoms with Crippen molar-refractivity contribution in [2.75, 3.05) is 5.32 Å². The minimum Gasteiger partial charge on any atom is -0.362 e. The number of rotatable bonds is 3. The van der Waals surface area contributed by atoms with E-state index in [4.69, 9.17) is 51.7 Å². The van der Waals surface area contributed by atoms with Crippen molar-refractivity contribution < 1.29 is 0 Å². The molecule has 2 aromatic carbocycles. The molecule has 2 nitrogen and oxygen atoms in total. The first-order chi connectivity index (χ1) is 9.99. The Morgan fingerprint density at radius 1 is 0.905 bits per heavy atom. The summed E-state index contributed by atoms with van der Waals surface area (Å²) in [6.45, 7) is 0. The van der Waals surface area contributed by atoms with Gasteiger partial charge < -0.3 is 5.32 Å². The van der Waals surface area contributed by atoms with Crippen LogP contribution in [0.15, 0.2) is 36.5 Å². The molecular formula is C15H8Cl4N2. The molecule has 106 valence electrons. The first-order valence-electron chi connectivity index (χ1n) is 5.78. The number of anilines is 1. The normalized spacial score (nSPS) is 10.6. The van der Waals surface area contributed by atoms with Crippen LogP contribution in [0.5, 0.6) is 0 Å². The second-order valence-electron chi connectivity index (χ2n) is 4.10. The summed E-state index contributed by atoms with van der Waals surface area (Å²) < 4.78 is 0. The monoisotopic (exact) mass is 356 g/mol. The van der Waals surface area contributed by atoms with Crippen LogP contribution < -0.4 is 5.32 Å². The van der Waals surface area contributed by atoms with E-state index in [2.05, 4.69) is 11.4 Å². The largest absolute Gasteiger partial charge is 0.362 e. The number of nitrogens with zero attached hydrogens (tertiary/aromatic N) is 1. The topological polar surface area (TPSA) is 35.8 Å². The molecule has 2 aromatic rings. The highest BCUT2D eigenvalue weighted by atomic mass is 35.5. The molecule has 0 aliphatic carbocycles. The van der Waals surface area contributed by atoms with E-state index in [1.165, 1.54) is 0 Å². The summed E-state index contributed by atoms with van der Waals surface area (Å²) in [5.74, 6) is 0. The molecule has 0 amide bonds. The van der Waals surface area contributed by atoms with Gasteiger partial charge in [0, 0.05) is 32.5 Å². The van der Waals surface area contributed by atoms with E-state index in [0.717, 1.165) is 5.69 Å². The molecule has 0 saturated carbocycles. The fraction of sp³-hybridized carbons (Fsp3) is 0. The molecule has 0 aliphatic rings. The van der Waals surface area contributed by atoms with Gasteiger partial charge in [-0.1, -0.05) is 46.4 Å². The van der Waals surface area contributed by atoms with Crippen LogP contribution in [0.25, 0.3) is 6.08 Å². The van der Waals surface area contributed by atoms with Gasteiger partial charge in [0.1, 0.15) is 0 Å². The van der Waals surface area contributed by atoms with Crippen LogP contribution in [0.3, 0.4) is 0 Å². The van der Waals surface area contributed by atoms with Crippen LogP contribution in [0.1, 0.15) is 11.1 Å². The zero-order valence-corrected chi connectivity index (χ0v) is 13.5. The van der Waals surface area contributed by atoms with Crippen molar-refractivity contribution in [3.63, 3.8) is 0 Å². The Labute approximate surface area is 142 Å². The zero-order valence-electron chi connectivity index (χ0n) is 10.5. The first kappa shape index (κ1) is 16.0. The highest BCUT2D eigenvalue weighted by molar-refractivity contribution is 6.36. The zero-order chi connectivity index (χ0) is 15.4. The maximum absolute atomic E-state index is 9.10. The van der Waals surface area contributed by atoms with Crippen molar-refractivity contribution in [2.24, 2.45) is 0 Å². The second kappa shape index (κ2) is 7.06. The molecule has 0 saturated heterocycles. The van der Waals surface area contributed by atoms with E-state index in [-0.39, 0.29) is 0 Å². The smallest absolute Gasteiger partial charge is 0.0999 e. The summed E-state index contributed by atoms with van der Waals surface area (Å²) in [6, 6.07) is 10.3. The van der Waals surface area contributed by atoms with Gasteiger partial charge in [0.15, 0.2) is 0 Å². The standard InChI is InChI=1S/C15H8Cl4N2/c16-10-3-9(8-20)14(15(19)7-10)1-2-21-13-5-11(17)4-12(18)6-13/h1-7,21H. The molecule has 1 N–H and O–H groups in total. The first-order valence-corrected chi connectivity index (χ1v) is 7.29. The number of nitrogens with one attached hydrogen (secondary N) is 1. The highest BCUT2D eigenvalue weighted by Gasteiger charge is 2.06.